The maximum atomic E-state index is 12.2. The fourth-order valence-corrected chi connectivity index (χ4v) is 1.65. The number of benzene rings is 1. The van der Waals surface area contributed by atoms with Crippen molar-refractivity contribution in [3.63, 3.8) is 0 Å². The lowest BCUT2D eigenvalue weighted by atomic mass is 10.2. The molecule has 86 valence electrons. The van der Waals surface area contributed by atoms with Crippen LogP contribution in [0.3, 0.4) is 0 Å². The molecule has 1 aliphatic rings. The molecule has 1 aromatic rings. The molecule has 1 heterocycles. The first-order valence-electron chi connectivity index (χ1n) is 4.26. The molecule has 0 unspecified atom stereocenters. The predicted molar refractivity (Wildman–Crippen MR) is 54.2 cm³/mol. The third kappa shape index (κ3) is 2.40. The van der Waals surface area contributed by atoms with Crippen LogP contribution in [0.1, 0.15) is 0 Å². The van der Waals surface area contributed by atoms with Crippen LogP contribution in [0.5, 0.6) is 5.75 Å². The molecule has 0 aromatic heterocycles. The van der Waals surface area contributed by atoms with E-state index >= 15 is 0 Å². The van der Waals surface area contributed by atoms with E-state index in [-0.39, 0.29) is 18.2 Å². The van der Waals surface area contributed by atoms with E-state index in [1.807, 2.05) is 0 Å². The Morgan fingerprint density at radius 2 is 2.06 bits per heavy atom. The molecule has 0 fully saturated rings. The molecule has 16 heavy (non-hydrogen) atoms. The van der Waals surface area contributed by atoms with Crippen LogP contribution in [0.15, 0.2) is 18.2 Å². The predicted octanol–water partition coefficient (Wildman–Crippen LogP) is 0.644. The number of nitrogens with one attached hydrogen (secondary N) is 2. The van der Waals surface area contributed by atoms with E-state index in [0.29, 0.717) is 11.4 Å². The Balaban J connectivity index is 2.30. The average Bonchev–Trinajstić information content (AvgIpc) is 2.16. The number of rotatable bonds is 2. The average molecular weight is 246 g/mol. The van der Waals surface area contributed by atoms with Gasteiger partial charge in [-0.3, -0.25) is 4.79 Å². The van der Waals surface area contributed by atoms with Crippen molar-refractivity contribution in [2.75, 3.05) is 17.2 Å². The molecule has 8 heteroatoms. The van der Waals surface area contributed by atoms with E-state index in [2.05, 4.69) is 14.8 Å². The Morgan fingerprint density at radius 3 is 2.75 bits per heavy atom. The smallest absolute Gasteiger partial charge is 0.374 e. The van der Waals surface area contributed by atoms with Gasteiger partial charge in [0.05, 0.1) is 17.9 Å². The minimum atomic E-state index is -5.03. The van der Waals surface area contributed by atoms with Gasteiger partial charge in [0.1, 0.15) is 5.75 Å². The Kier molecular flexibility index (Phi) is 2.43. The molecule has 0 bridgehead atoms. The van der Waals surface area contributed by atoms with E-state index in [0.717, 1.165) is 0 Å². The van der Waals surface area contributed by atoms with Crippen molar-refractivity contribution in [1.29, 1.82) is 0 Å². The topological polar surface area (TPSA) is 84.5 Å². The summed E-state index contributed by atoms with van der Waals surface area (Å²) in [6, 6.07) is 3.94. The summed E-state index contributed by atoms with van der Waals surface area (Å²) in [6.45, 7) is 0.0683. The van der Waals surface area contributed by atoms with Gasteiger partial charge in [-0.15, -0.1) is 0 Å². The molecule has 6 nitrogen and oxygen atoms in total. The van der Waals surface area contributed by atoms with Crippen LogP contribution in [-0.4, -0.2) is 20.9 Å². The van der Waals surface area contributed by atoms with Gasteiger partial charge >= 0.3 is 10.5 Å². The second kappa shape index (κ2) is 3.63. The summed E-state index contributed by atoms with van der Waals surface area (Å²) in [5.41, 5.74) is 0.959. The molecule has 0 aliphatic carbocycles. The molecule has 2 rings (SSSR count). The fourth-order valence-electron chi connectivity index (χ4n) is 1.32. The summed E-state index contributed by atoms with van der Waals surface area (Å²) in [6.07, 6.45) is 0. The van der Waals surface area contributed by atoms with E-state index < -0.39 is 10.5 Å². The van der Waals surface area contributed by atoms with Crippen LogP contribution in [0.25, 0.3) is 0 Å². The number of anilines is 2. The van der Waals surface area contributed by atoms with Crippen LogP contribution in [0.2, 0.25) is 0 Å². The monoisotopic (exact) mass is 246 g/mol. The van der Waals surface area contributed by atoms with Crippen LogP contribution in [-0.2, 0) is 15.3 Å². The Labute approximate surface area is 90.8 Å². The minimum absolute atomic E-state index is 0.0683. The molecule has 0 saturated carbocycles. The number of hydrogen-bond acceptors (Lipinski definition) is 5. The highest BCUT2D eigenvalue weighted by Crippen LogP contribution is 2.29. The van der Waals surface area contributed by atoms with Gasteiger partial charge in [0.2, 0.25) is 5.91 Å². The fraction of sp³-hybridized carbons (Fsp3) is 0.125. The van der Waals surface area contributed by atoms with Crippen LogP contribution in [0.4, 0.5) is 15.3 Å². The van der Waals surface area contributed by atoms with Crippen LogP contribution < -0.4 is 14.8 Å². The summed E-state index contributed by atoms with van der Waals surface area (Å²) in [5.74, 6) is -0.371. The Bertz CT molecular complexity index is 543. The summed E-state index contributed by atoms with van der Waals surface area (Å²) in [5, 5.41) is 5.28. The first kappa shape index (κ1) is 10.7. The van der Waals surface area contributed by atoms with Gasteiger partial charge in [-0.25, -0.2) is 0 Å². The highest BCUT2D eigenvalue weighted by molar-refractivity contribution is 7.81. The lowest BCUT2D eigenvalue weighted by Crippen LogP contribution is -2.27. The number of halogens is 1. The van der Waals surface area contributed by atoms with Gasteiger partial charge in [-0.05, 0) is 12.1 Å². The molecular weight excluding hydrogens is 239 g/mol. The second-order valence-electron chi connectivity index (χ2n) is 3.09. The third-order valence-corrected chi connectivity index (χ3v) is 2.29. The summed E-state index contributed by atoms with van der Waals surface area (Å²) >= 11 is 0. The van der Waals surface area contributed by atoms with Gasteiger partial charge in [-0.2, -0.15) is 8.42 Å². The number of hydrogen-bond donors (Lipinski definition) is 2. The normalized spacial score (nSPS) is 14.7. The SMILES string of the molecule is O=C1CNc2cc(OS(=O)(=O)F)ccc2N1. The molecule has 1 amide bonds. The third-order valence-electron chi connectivity index (χ3n) is 1.90. The van der Waals surface area contributed by atoms with Crippen molar-refractivity contribution in [3.05, 3.63) is 18.2 Å². The van der Waals surface area contributed by atoms with Gasteiger partial charge in [0.15, 0.2) is 0 Å². The summed E-state index contributed by atoms with van der Waals surface area (Å²) < 4.78 is 36.8. The quantitative estimate of drug-likeness (QED) is 0.748. The minimum Gasteiger partial charge on any atom is -0.374 e. The molecule has 0 radical (unpaired) electrons. The van der Waals surface area contributed by atoms with Crippen molar-refractivity contribution < 1.29 is 21.3 Å². The maximum absolute atomic E-state index is 12.2. The van der Waals surface area contributed by atoms with Gasteiger partial charge in [0.25, 0.3) is 0 Å². The van der Waals surface area contributed by atoms with Crippen molar-refractivity contribution in [2.45, 2.75) is 0 Å². The zero-order chi connectivity index (χ0) is 11.8. The van der Waals surface area contributed by atoms with E-state index in [1.165, 1.54) is 18.2 Å². The zero-order valence-corrected chi connectivity index (χ0v) is 8.67. The van der Waals surface area contributed by atoms with Gasteiger partial charge in [-0.1, -0.05) is 3.89 Å². The van der Waals surface area contributed by atoms with Crippen molar-refractivity contribution >= 4 is 27.8 Å². The highest BCUT2D eigenvalue weighted by atomic mass is 32.3. The van der Waals surface area contributed by atoms with Crippen molar-refractivity contribution in [1.82, 2.24) is 0 Å². The van der Waals surface area contributed by atoms with Crippen molar-refractivity contribution in [2.24, 2.45) is 0 Å². The van der Waals surface area contributed by atoms with Crippen LogP contribution in [0, 0.1) is 0 Å². The first-order valence-corrected chi connectivity index (χ1v) is 5.57. The van der Waals surface area contributed by atoms with Crippen LogP contribution >= 0.6 is 0 Å². The number of carbonyl (C=O) groups is 1. The molecular formula is C8H7FN2O4S. The Morgan fingerprint density at radius 1 is 1.31 bits per heavy atom. The van der Waals surface area contributed by atoms with Gasteiger partial charge in [0, 0.05) is 6.07 Å². The lowest BCUT2D eigenvalue weighted by molar-refractivity contribution is -0.114. The number of amides is 1. The van der Waals surface area contributed by atoms with E-state index in [9.17, 15) is 17.1 Å². The van der Waals surface area contributed by atoms with Gasteiger partial charge < -0.3 is 14.8 Å². The standard InChI is InChI=1S/C8H7FN2O4S/c9-16(13,14)15-5-1-2-6-7(3-5)10-4-8(12)11-6/h1-3,10H,4H2,(H,11,12). The molecule has 1 aliphatic heterocycles. The van der Waals surface area contributed by atoms with E-state index in [4.69, 9.17) is 0 Å². The summed E-state index contributed by atoms with van der Waals surface area (Å²) in [7, 11) is -5.03. The molecule has 0 saturated heterocycles. The Hall–Kier alpha value is -1.83. The first-order chi connectivity index (χ1) is 7.44. The molecule has 0 atom stereocenters. The maximum Gasteiger partial charge on any atom is 0.488 e. The molecule has 2 N–H and O–H groups in total. The largest absolute Gasteiger partial charge is 0.488 e. The van der Waals surface area contributed by atoms with Crippen molar-refractivity contribution in [3.8, 4) is 5.75 Å². The summed E-state index contributed by atoms with van der Waals surface area (Å²) in [4.78, 5) is 11.0. The zero-order valence-electron chi connectivity index (χ0n) is 7.86. The number of carbonyl (C=O) groups excluding carboxylic acids is 1. The second-order valence-corrected chi connectivity index (χ2v) is 4.04. The molecule has 0 spiro atoms. The molecule has 1 aromatic carbocycles. The van der Waals surface area contributed by atoms with E-state index in [1.54, 1.807) is 0 Å². The highest BCUT2D eigenvalue weighted by Gasteiger charge is 2.16. The number of fused-ring (bicyclic) bond motifs is 1. The lowest BCUT2D eigenvalue weighted by Gasteiger charge is -2.18.